The quantitative estimate of drug-likeness (QED) is 0.586. The lowest BCUT2D eigenvalue weighted by molar-refractivity contribution is 0.321. The van der Waals surface area contributed by atoms with Crippen LogP contribution in [-0.2, 0) is 0 Å². The molecule has 1 N–H and O–H groups in total. The van der Waals surface area contributed by atoms with E-state index in [4.69, 9.17) is 5.11 Å². The Morgan fingerprint density at radius 3 is 2.33 bits per heavy atom. The SMILES string of the molecule is C[P+]1(CCO)CCCC1. The largest absolute Gasteiger partial charge is 0.393 e. The fraction of sp³-hybridized carbons (Fsp3) is 1.00. The zero-order valence-corrected chi connectivity index (χ0v) is 7.03. The summed E-state index contributed by atoms with van der Waals surface area (Å²) in [6.07, 6.45) is 6.84. The molecule has 0 saturated carbocycles. The second kappa shape index (κ2) is 2.98. The lowest BCUT2D eigenvalue weighted by Crippen LogP contribution is -2.02. The van der Waals surface area contributed by atoms with E-state index in [0.29, 0.717) is 6.61 Å². The first kappa shape index (κ1) is 7.50. The van der Waals surface area contributed by atoms with Crippen LogP contribution < -0.4 is 0 Å². The Kier molecular flexibility index (Phi) is 2.49. The normalized spacial score (nSPS) is 24.7. The van der Waals surface area contributed by atoms with Gasteiger partial charge < -0.3 is 5.11 Å². The van der Waals surface area contributed by atoms with E-state index >= 15 is 0 Å². The number of hydrogen-bond acceptors (Lipinski definition) is 1. The van der Waals surface area contributed by atoms with Crippen LogP contribution >= 0.6 is 7.26 Å². The molecule has 1 fully saturated rings. The summed E-state index contributed by atoms with van der Waals surface area (Å²) in [6.45, 7) is 2.82. The Hall–Kier alpha value is 0.390. The fourth-order valence-electron chi connectivity index (χ4n) is 1.56. The molecule has 0 aromatic carbocycles. The van der Waals surface area contributed by atoms with Crippen LogP contribution in [-0.4, -0.2) is 36.9 Å². The minimum Gasteiger partial charge on any atom is -0.393 e. The van der Waals surface area contributed by atoms with Crippen molar-refractivity contribution >= 4 is 7.26 Å². The Balaban J connectivity index is 2.32. The van der Waals surface area contributed by atoms with Crippen molar-refractivity contribution < 1.29 is 5.11 Å². The average Bonchev–Trinajstić information content (AvgIpc) is 2.16. The van der Waals surface area contributed by atoms with E-state index in [1.807, 2.05) is 0 Å². The van der Waals surface area contributed by atoms with E-state index in [0.717, 1.165) is 6.16 Å². The van der Waals surface area contributed by atoms with Crippen molar-refractivity contribution in [2.24, 2.45) is 0 Å². The molecular weight excluding hydrogens is 131 g/mol. The van der Waals surface area contributed by atoms with E-state index in [1.165, 1.54) is 25.2 Å². The predicted molar refractivity (Wildman–Crippen MR) is 43.8 cm³/mol. The first-order chi connectivity index (χ1) is 4.27. The minimum atomic E-state index is -0.570. The van der Waals surface area contributed by atoms with Crippen molar-refractivity contribution in [3.63, 3.8) is 0 Å². The summed E-state index contributed by atoms with van der Waals surface area (Å²) >= 11 is 0. The Morgan fingerprint density at radius 2 is 1.89 bits per heavy atom. The Labute approximate surface area is 57.8 Å². The molecule has 1 saturated heterocycles. The molecule has 0 unspecified atom stereocenters. The minimum absolute atomic E-state index is 0.421. The van der Waals surface area contributed by atoms with Crippen LogP contribution in [0.15, 0.2) is 0 Å². The summed E-state index contributed by atoms with van der Waals surface area (Å²) in [5.74, 6) is 0. The summed E-state index contributed by atoms with van der Waals surface area (Å²) in [5, 5.41) is 8.72. The molecular formula is C7H16OP+. The van der Waals surface area contributed by atoms with Crippen LogP contribution in [0.2, 0.25) is 0 Å². The van der Waals surface area contributed by atoms with Crippen LogP contribution in [0.1, 0.15) is 12.8 Å². The Bertz CT molecular complexity index is 86.9. The Morgan fingerprint density at radius 1 is 1.33 bits per heavy atom. The molecule has 54 valence electrons. The van der Waals surface area contributed by atoms with Gasteiger partial charge in [-0.3, -0.25) is 0 Å². The molecule has 9 heavy (non-hydrogen) atoms. The molecule has 0 radical (unpaired) electrons. The standard InChI is InChI=1S/C7H16OP/c1-9(7-4-8)5-2-3-6-9/h8H,2-7H2,1H3/q+1. The molecule has 1 aliphatic rings. The fourth-order valence-corrected chi connectivity index (χ4v) is 4.69. The molecule has 1 aliphatic heterocycles. The van der Waals surface area contributed by atoms with Crippen molar-refractivity contribution in [1.82, 2.24) is 0 Å². The summed E-state index contributed by atoms with van der Waals surface area (Å²) in [4.78, 5) is 0. The van der Waals surface area contributed by atoms with Crippen molar-refractivity contribution in [3.8, 4) is 0 Å². The maximum atomic E-state index is 8.72. The van der Waals surface area contributed by atoms with Crippen molar-refractivity contribution in [2.75, 3.05) is 31.8 Å². The van der Waals surface area contributed by atoms with Crippen LogP contribution in [0.25, 0.3) is 0 Å². The van der Waals surface area contributed by atoms with E-state index in [1.54, 1.807) is 0 Å². The van der Waals surface area contributed by atoms with Gasteiger partial charge in [0.1, 0.15) is 0 Å². The highest BCUT2D eigenvalue weighted by Gasteiger charge is 2.34. The first-order valence-electron chi connectivity index (χ1n) is 3.71. The average molecular weight is 147 g/mol. The van der Waals surface area contributed by atoms with Gasteiger partial charge in [0.15, 0.2) is 0 Å². The maximum Gasteiger partial charge on any atom is 0.0822 e. The van der Waals surface area contributed by atoms with Gasteiger partial charge in [-0.2, -0.15) is 0 Å². The van der Waals surface area contributed by atoms with Crippen LogP contribution in [0.3, 0.4) is 0 Å². The van der Waals surface area contributed by atoms with Crippen LogP contribution in [0.5, 0.6) is 0 Å². The highest BCUT2D eigenvalue weighted by molar-refractivity contribution is 7.75. The number of hydrogen-bond donors (Lipinski definition) is 1. The van der Waals surface area contributed by atoms with Gasteiger partial charge in [0.25, 0.3) is 0 Å². The third-order valence-electron chi connectivity index (χ3n) is 2.29. The zero-order chi connectivity index (χ0) is 6.74. The van der Waals surface area contributed by atoms with Crippen molar-refractivity contribution in [2.45, 2.75) is 12.8 Å². The highest BCUT2D eigenvalue weighted by Crippen LogP contribution is 2.59. The molecule has 0 atom stereocenters. The van der Waals surface area contributed by atoms with Gasteiger partial charge in [-0.1, -0.05) is 0 Å². The van der Waals surface area contributed by atoms with Gasteiger partial charge in [0, 0.05) is 13.9 Å². The number of aliphatic hydroxyl groups excluding tert-OH is 1. The third kappa shape index (κ3) is 1.91. The highest BCUT2D eigenvalue weighted by atomic mass is 31.2. The molecule has 0 amide bonds. The molecule has 1 heterocycles. The van der Waals surface area contributed by atoms with Crippen molar-refractivity contribution in [3.05, 3.63) is 0 Å². The second-order valence-corrected chi connectivity index (χ2v) is 7.80. The van der Waals surface area contributed by atoms with Gasteiger partial charge in [-0.05, 0) is 12.8 Å². The maximum absolute atomic E-state index is 8.72. The predicted octanol–water partition coefficient (Wildman–Crippen LogP) is 1.42. The lowest BCUT2D eigenvalue weighted by Gasteiger charge is -2.13. The van der Waals surface area contributed by atoms with Gasteiger partial charge in [0.2, 0.25) is 0 Å². The van der Waals surface area contributed by atoms with E-state index in [9.17, 15) is 0 Å². The van der Waals surface area contributed by atoms with E-state index in [2.05, 4.69) is 6.66 Å². The van der Waals surface area contributed by atoms with Crippen LogP contribution in [0.4, 0.5) is 0 Å². The van der Waals surface area contributed by atoms with E-state index < -0.39 is 7.26 Å². The van der Waals surface area contributed by atoms with Crippen molar-refractivity contribution in [1.29, 1.82) is 0 Å². The van der Waals surface area contributed by atoms with Crippen LogP contribution in [0, 0.1) is 0 Å². The molecule has 0 aromatic rings. The molecule has 2 heteroatoms. The number of aliphatic hydroxyl groups is 1. The molecule has 0 aromatic heterocycles. The summed E-state index contributed by atoms with van der Waals surface area (Å²) in [5.41, 5.74) is 0. The smallest absolute Gasteiger partial charge is 0.0822 e. The molecule has 1 rings (SSSR count). The molecule has 0 bridgehead atoms. The summed E-state index contributed by atoms with van der Waals surface area (Å²) < 4.78 is 0. The first-order valence-corrected chi connectivity index (χ1v) is 6.50. The van der Waals surface area contributed by atoms with Gasteiger partial charge in [-0.25, -0.2) is 0 Å². The second-order valence-electron chi connectivity index (χ2n) is 3.22. The third-order valence-corrected chi connectivity index (χ3v) is 6.36. The van der Waals surface area contributed by atoms with Gasteiger partial charge >= 0.3 is 0 Å². The summed E-state index contributed by atoms with van der Waals surface area (Å²) in [7, 11) is -0.570. The van der Waals surface area contributed by atoms with Gasteiger partial charge in [0.05, 0.1) is 25.1 Å². The molecule has 1 nitrogen and oxygen atoms in total. The number of rotatable bonds is 2. The topological polar surface area (TPSA) is 20.2 Å². The summed E-state index contributed by atoms with van der Waals surface area (Å²) in [6, 6.07) is 0. The zero-order valence-electron chi connectivity index (χ0n) is 6.14. The molecule has 0 aliphatic carbocycles. The monoisotopic (exact) mass is 147 g/mol. The van der Waals surface area contributed by atoms with Gasteiger partial charge in [-0.15, -0.1) is 0 Å². The van der Waals surface area contributed by atoms with E-state index in [-0.39, 0.29) is 0 Å². The molecule has 0 spiro atoms. The lowest BCUT2D eigenvalue weighted by atomic mass is 10.4.